The lowest BCUT2D eigenvalue weighted by Crippen LogP contribution is -2.38. The number of aromatic nitrogens is 1. The predicted molar refractivity (Wildman–Crippen MR) is 111 cm³/mol. The Balaban J connectivity index is 0.00000169. The smallest absolute Gasteiger partial charge is 0.252 e. The molecule has 1 aromatic carbocycles. The van der Waals surface area contributed by atoms with Crippen LogP contribution in [0.3, 0.4) is 0 Å². The molecule has 5 nitrogen and oxygen atoms in total. The SMILES string of the molecule is CN(c1ccccc1)c1ccc(C(=O)NCC2CCCNC2)cn1.Cl.Cl. The first-order valence-corrected chi connectivity index (χ1v) is 8.48. The monoisotopic (exact) mass is 396 g/mol. The molecule has 2 aromatic rings. The van der Waals surface area contributed by atoms with E-state index in [0.717, 1.165) is 31.1 Å². The zero-order valence-electron chi connectivity index (χ0n) is 14.9. The van der Waals surface area contributed by atoms with Gasteiger partial charge in [0.05, 0.1) is 5.56 Å². The standard InChI is InChI=1S/C19H24N4O.2ClH/c1-23(17-7-3-2-4-8-17)18-10-9-16(14-21-18)19(24)22-13-15-6-5-11-20-12-15;;/h2-4,7-10,14-15,20H,5-6,11-13H2,1H3,(H,22,24);2*1H. The van der Waals surface area contributed by atoms with E-state index in [9.17, 15) is 4.79 Å². The minimum absolute atomic E-state index is 0. The highest BCUT2D eigenvalue weighted by molar-refractivity contribution is 5.94. The molecular formula is C19H26Cl2N4O. The van der Waals surface area contributed by atoms with E-state index in [1.165, 1.54) is 12.8 Å². The van der Waals surface area contributed by atoms with Crippen LogP contribution in [0, 0.1) is 5.92 Å². The van der Waals surface area contributed by atoms with Crippen molar-refractivity contribution in [2.45, 2.75) is 12.8 Å². The summed E-state index contributed by atoms with van der Waals surface area (Å²) in [6, 6.07) is 13.7. The molecule has 3 rings (SSSR count). The van der Waals surface area contributed by atoms with Crippen molar-refractivity contribution in [3.05, 3.63) is 54.2 Å². The van der Waals surface area contributed by atoms with Gasteiger partial charge in [-0.05, 0) is 56.1 Å². The number of carbonyl (C=O) groups excluding carboxylic acids is 1. The van der Waals surface area contributed by atoms with Gasteiger partial charge in [0.2, 0.25) is 0 Å². The van der Waals surface area contributed by atoms with E-state index in [1.807, 2.05) is 54.4 Å². The second-order valence-corrected chi connectivity index (χ2v) is 6.22. The molecular weight excluding hydrogens is 371 g/mol. The number of hydrogen-bond donors (Lipinski definition) is 2. The first kappa shape index (κ1) is 22.2. The first-order chi connectivity index (χ1) is 11.7. The number of carbonyl (C=O) groups is 1. The highest BCUT2D eigenvalue weighted by Crippen LogP contribution is 2.20. The Hall–Kier alpha value is -1.82. The summed E-state index contributed by atoms with van der Waals surface area (Å²) in [6.45, 7) is 2.79. The van der Waals surface area contributed by atoms with Crippen molar-refractivity contribution in [1.82, 2.24) is 15.6 Å². The second-order valence-electron chi connectivity index (χ2n) is 6.22. The van der Waals surface area contributed by atoms with Crippen molar-refractivity contribution in [2.75, 3.05) is 31.6 Å². The molecule has 0 spiro atoms. The molecule has 1 aliphatic heterocycles. The molecule has 7 heteroatoms. The Morgan fingerprint density at radius 3 is 2.62 bits per heavy atom. The summed E-state index contributed by atoms with van der Waals surface area (Å²) in [7, 11) is 1.97. The molecule has 2 N–H and O–H groups in total. The number of rotatable bonds is 5. The maximum Gasteiger partial charge on any atom is 0.252 e. The zero-order chi connectivity index (χ0) is 16.8. The predicted octanol–water partition coefficient (Wildman–Crippen LogP) is 3.42. The number of pyridine rings is 1. The van der Waals surface area contributed by atoms with Crippen molar-refractivity contribution in [1.29, 1.82) is 0 Å². The number of hydrogen-bond acceptors (Lipinski definition) is 4. The second kappa shape index (κ2) is 11.0. The van der Waals surface area contributed by atoms with Crippen LogP contribution in [0.5, 0.6) is 0 Å². The largest absolute Gasteiger partial charge is 0.352 e. The van der Waals surface area contributed by atoms with Gasteiger partial charge in [-0.1, -0.05) is 18.2 Å². The van der Waals surface area contributed by atoms with Crippen LogP contribution in [0.15, 0.2) is 48.7 Å². The Bertz CT molecular complexity index is 661. The van der Waals surface area contributed by atoms with Crippen LogP contribution >= 0.6 is 24.8 Å². The number of para-hydroxylation sites is 1. The van der Waals surface area contributed by atoms with Gasteiger partial charge in [0.25, 0.3) is 5.91 Å². The third kappa shape index (κ3) is 5.87. The van der Waals surface area contributed by atoms with Gasteiger partial charge in [-0.2, -0.15) is 0 Å². The van der Waals surface area contributed by atoms with E-state index in [1.54, 1.807) is 6.20 Å². The highest BCUT2D eigenvalue weighted by atomic mass is 35.5. The van der Waals surface area contributed by atoms with Gasteiger partial charge in [0.15, 0.2) is 0 Å². The third-order valence-corrected chi connectivity index (χ3v) is 4.45. The molecule has 1 aliphatic rings. The van der Waals surface area contributed by atoms with Gasteiger partial charge >= 0.3 is 0 Å². The zero-order valence-corrected chi connectivity index (χ0v) is 16.5. The maximum atomic E-state index is 12.3. The molecule has 1 amide bonds. The number of nitrogens with one attached hydrogen (secondary N) is 2. The van der Waals surface area contributed by atoms with Crippen LogP contribution in [0.4, 0.5) is 11.5 Å². The van der Waals surface area contributed by atoms with E-state index >= 15 is 0 Å². The van der Waals surface area contributed by atoms with E-state index in [2.05, 4.69) is 15.6 Å². The summed E-state index contributed by atoms with van der Waals surface area (Å²) < 4.78 is 0. The molecule has 1 atom stereocenters. The minimum Gasteiger partial charge on any atom is -0.352 e. The Morgan fingerprint density at radius 1 is 1.23 bits per heavy atom. The Morgan fingerprint density at radius 2 is 2.00 bits per heavy atom. The number of anilines is 2. The molecule has 0 radical (unpaired) electrons. The van der Waals surface area contributed by atoms with Gasteiger partial charge in [0.1, 0.15) is 5.82 Å². The summed E-state index contributed by atoms with van der Waals surface area (Å²) in [5.41, 5.74) is 1.66. The molecule has 142 valence electrons. The topological polar surface area (TPSA) is 57.3 Å². The van der Waals surface area contributed by atoms with Crippen LogP contribution in [0.1, 0.15) is 23.2 Å². The number of nitrogens with zero attached hydrogens (tertiary/aromatic N) is 2. The fourth-order valence-electron chi connectivity index (χ4n) is 2.94. The van der Waals surface area contributed by atoms with Crippen molar-refractivity contribution < 1.29 is 4.79 Å². The van der Waals surface area contributed by atoms with E-state index in [-0.39, 0.29) is 30.7 Å². The van der Waals surface area contributed by atoms with Gasteiger partial charge < -0.3 is 15.5 Å². The van der Waals surface area contributed by atoms with Crippen LogP contribution < -0.4 is 15.5 Å². The summed E-state index contributed by atoms with van der Waals surface area (Å²) in [5, 5.41) is 6.38. The number of piperidine rings is 1. The van der Waals surface area contributed by atoms with E-state index in [0.29, 0.717) is 11.5 Å². The maximum absolute atomic E-state index is 12.3. The summed E-state index contributed by atoms with van der Waals surface area (Å²) in [4.78, 5) is 18.7. The van der Waals surface area contributed by atoms with Crippen molar-refractivity contribution in [3.63, 3.8) is 0 Å². The molecule has 0 bridgehead atoms. The van der Waals surface area contributed by atoms with Gasteiger partial charge in [-0.15, -0.1) is 24.8 Å². The average Bonchev–Trinajstić information content (AvgIpc) is 2.67. The highest BCUT2D eigenvalue weighted by Gasteiger charge is 2.15. The van der Waals surface area contributed by atoms with Gasteiger partial charge in [0, 0.05) is 25.5 Å². The normalized spacial score (nSPS) is 16.0. The summed E-state index contributed by atoms with van der Waals surface area (Å²) in [5.74, 6) is 1.29. The van der Waals surface area contributed by atoms with Crippen molar-refractivity contribution in [3.8, 4) is 0 Å². The fourth-order valence-corrected chi connectivity index (χ4v) is 2.94. The molecule has 1 aromatic heterocycles. The quantitative estimate of drug-likeness (QED) is 0.812. The molecule has 2 heterocycles. The first-order valence-electron chi connectivity index (χ1n) is 8.48. The molecule has 1 fully saturated rings. The minimum atomic E-state index is -0.0537. The van der Waals surface area contributed by atoms with Crippen LogP contribution in [0.2, 0.25) is 0 Å². The lowest BCUT2D eigenvalue weighted by Gasteiger charge is -2.23. The lowest BCUT2D eigenvalue weighted by atomic mass is 10.00. The molecule has 0 aliphatic carbocycles. The van der Waals surface area contributed by atoms with Crippen LogP contribution in [0.25, 0.3) is 0 Å². The van der Waals surface area contributed by atoms with Crippen LogP contribution in [-0.2, 0) is 0 Å². The number of amides is 1. The summed E-state index contributed by atoms with van der Waals surface area (Å²) >= 11 is 0. The Labute approximate surface area is 167 Å². The molecule has 1 unspecified atom stereocenters. The van der Waals surface area contributed by atoms with E-state index < -0.39 is 0 Å². The number of halogens is 2. The lowest BCUT2D eigenvalue weighted by molar-refractivity contribution is 0.0944. The van der Waals surface area contributed by atoms with E-state index in [4.69, 9.17) is 0 Å². The fraction of sp³-hybridized carbons (Fsp3) is 0.368. The van der Waals surface area contributed by atoms with Gasteiger partial charge in [-0.25, -0.2) is 4.98 Å². The summed E-state index contributed by atoms with van der Waals surface area (Å²) in [6.07, 6.45) is 4.00. The van der Waals surface area contributed by atoms with Crippen LogP contribution in [-0.4, -0.2) is 37.6 Å². The number of benzene rings is 1. The average molecular weight is 397 g/mol. The third-order valence-electron chi connectivity index (χ3n) is 4.45. The molecule has 0 saturated carbocycles. The van der Waals surface area contributed by atoms with Crippen molar-refractivity contribution >= 4 is 42.2 Å². The van der Waals surface area contributed by atoms with Gasteiger partial charge in [-0.3, -0.25) is 4.79 Å². The molecule has 26 heavy (non-hydrogen) atoms. The molecule has 1 saturated heterocycles. The Kier molecular flexibility index (Phi) is 9.41. The van der Waals surface area contributed by atoms with Crippen molar-refractivity contribution in [2.24, 2.45) is 5.92 Å².